The van der Waals surface area contributed by atoms with Crippen LogP contribution in [-0.2, 0) is 6.42 Å². The molecule has 138 valence electrons. The second-order valence-corrected chi connectivity index (χ2v) is 7.83. The Morgan fingerprint density at radius 2 is 1.69 bits per heavy atom. The Kier molecular flexibility index (Phi) is 4.55. The Labute approximate surface area is 151 Å². The Morgan fingerprint density at radius 3 is 2.38 bits per heavy atom. The number of halogens is 3. The lowest BCUT2D eigenvalue weighted by molar-refractivity contribution is 0.0583. The van der Waals surface area contributed by atoms with Crippen LogP contribution in [0.2, 0.25) is 0 Å². The molecule has 1 nitrogen and oxygen atoms in total. The van der Waals surface area contributed by atoms with E-state index in [4.69, 9.17) is 0 Å². The summed E-state index contributed by atoms with van der Waals surface area (Å²) in [6.07, 6.45) is 5.07. The molecule has 0 bridgehead atoms. The van der Waals surface area contributed by atoms with Crippen LogP contribution in [0.3, 0.4) is 0 Å². The Balaban J connectivity index is 1.74. The summed E-state index contributed by atoms with van der Waals surface area (Å²) in [6.45, 7) is 1.87. The third-order valence-corrected chi connectivity index (χ3v) is 6.30. The number of benzene rings is 2. The van der Waals surface area contributed by atoms with Crippen molar-refractivity contribution in [3.05, 3.63) is 58.9 Å². The molecule has 2 aliphatic carbocycles. The highest BCUT2D eigenvalue weighted by Crippen LogP contribution is 2.49. The first-order valence-electron chi connectivity index (χ1n) is 9.41. The predicted molar refractivity (Wildman–Crippen MR) is 95.3 cm³/mol. The SMILES string of the molecule is CC(O)C1CCCC2CCc3cc(-c4cc(F)c(F)c(F)c4)ccc3C21. The maximum atomic E-state index is 13.6. The van der Waals surface area contributed by atoms with E-state index < -0.39 is 17.5 Å². The van der Waals surface area contributed by atoms with Crippen molar-refractivity contribution in [2.75, 3.05) is 0 Å². The number of aliphatic hydroxyl groups excluding tert-OH is 1. The molecule has 2 aliphatic rings. The van der Waals surface area contributed by atoms with Crippen LogP contribution in [0.1, 0.15) is 49.7 Å². The zero-order valence-electron chi connectivity index (χ0n) is 14.8. The molecule has 0 heterocycles. The zero-order valence-corrected chi connectivity index (χ0v) is 14.8. The van der Waals surface area contributed by atoms with E-state index in [0.29, 0.717) is 23.0 Å². The van der Waals surface area contributed by atoms with E-state index >= 15 is 0 Å². The summed E-state index contributed by atoms with van der Waals surface area (Å²) < 4.78 is 40.4. The molecule has 26 heavy (non-hydrogen) atoms. The van der Waals surface area contributed by atoms with Crippen molar-refractivity contribution < 1.29 is 18.3 Å². The predicted octanol–water partition coefficient (Wildman–Crippen LogP) is 5.60. The molecule has 1 saturated carbocycles. The molecular formula is C22H23F3O. The van der Waals surface area contributed by atoms with E-state index in [9.17, 15) is 18.3 Å². The summed E-state index contributed by atoms with van der Waals surface area (Å²) in [6, 6.07) is 7.98. The quantitative estimate of drug-likeness (QED) is 0.692. The Hall–Kier alpha value is -1.81. The highest BCUT2D eigenvalue weighted by Gasteiger charge is 2.39. The maximum Gasteiger partial charge on any atom is 0.194 e. The Bertz CT molecular complexity index is 807. The lowest BCUT2D eigenvalue weighted by atomic mass is 9.62. The van der Waals surface area contributed by atoms with Gasteiger partial charge in [-0.1, -0.05) is 24.6 Å². The van der Waals surface area contributed by atoms with Gasteiger partial charge >= 0.3 is 0 Å². The summed E-state index contributed by atoms with van der Waals surface area (Å²) in [4.78, 5) is 0. The van der Waals surface area contributed by atoms with Crippen LogP contribution in [0.4, 0.5) is 13.2 Å². The van der Waals surface area contributed by atoms with Crippen molar-refractivity contribution in [1.29, 1.82) is 0 Å². The first-order chi connectivity index (χ1) is 12.5. The fraction of sp³-hybridized carbons (Fsp3) is 0.455. The van der Waals surface area contributed by atoms with Gasteiger partial charge in [0.15, 0.2) is 17.5 Å². The van der Waals surface area contributed by atoms with E-state index in [2.05, 4.69) is 0 Å². The van der Waals surface area contributed by atoms with Crippen molar-refractivity contribution >= 4 is 0 Å². The second kappa shape index (κ2) is 6.73. The molecule has 4 heteroatoms. The van der Waals surface area contributed by atoms with E-state index in [0.717, 1.165) is 37.8 Å². The molecule has 2 aromatic rings. The topological polar surface area (TPSA) is 20.2 Å². The second-order valence-electron chi connectivity index (χ2n) is 7.83. The molecule has 0 amide bonds. The van der Waals surface area contributed by atoms with Crippen LogP contribution < -0.4 is 0 Å². The summed E-state index contributed by atoms with van der Waals surface area (Å²) in [5.41, 5.74) is 3.49. The van der Waals surface area contributed by atoms with E-state index in [1.165, 1.54) is 17.5 Å². The summed E-state index contributed by atoms with van der Waals surface area (Å²) in [7, 11) is 0. The lowest BCUT2D eigenvalue weighted by Gasteiger charge is -2.44. The van der Waals surface area contributed by atoms with Crippen molar-refractivity contribution in [3.63, 3.8) is 0 Å². The van der Waals surface area contributed by atoms with Gasteiger partial charge in [-0.05, 0) is 84.7 Å². The van der Waals surface area contributed by atoms with Gasteiger partial charge in [0.2, 0.25) is 0 Å². The monoisotopic (exact) mass is 360 g/mol. The maximum absolute atomic E-state index is 13.6. The van der Waals surface area contributed by atoms with Crippen LogP contribution in [0.25, 0.3) is 11.1 Å². The molecule has 0 aromatic heterocycles. The van der Waals surface area contributed by atoms with E-state index in [-0.39, 0.29) is 12.0 Å². The van der Waals surface area contributed by atoms with Gasteiger partial charge < -0.3 is 5.11 Å². The number of hydrogen-bond donors (Lipinski definition) is 1. The third kappa shape index (κ3) is 2.94. The van der Waals surface area contributed by atoms with Crippen molar-refractivity contribution in [2.24, 2.45) is 11.8 Å². The van der Waals surface area contributed by atoms with E-state index in [1.54, 1.807) is 0 Å². The summed E-state index contributed by atoms with van der Waals surface area (Å²) in [5, 5.41) is 10.2. The van der Waals surface area contributed by atoms with Crippen LogP contribution in [-0.4, -0.2) is 11.2 Å². The molecule has 4 rings (SSSR count). The molecule has 0 aliphatic heterocycles. The van der Waals surface area contributed by atoms with Gasteiger partial charge in [0.25, 0.3) is 0 Å². The molecule has 4 atom stereocenters. The number of aliphatic hydroxyl groups is 1. The highest BCUT2D eigenvalue weighted by atomic mass is 19.2. The first-order valence-corrected chi connectivity index (χ1v) is 9.41. The van der Waals surface area contributed by atoms with Crippen molar-refractivity contribution in [3.8, 4) is 11.1 Å². The largest absolute Gasteiger partial charge is 0.393 e. The normalized spacial score (nSPS) is 26.1. The van der Waals surface area contributed by atoms with Crippen LogP contribution >= 0.6 is 0 Å². The van der Waals surface area contributed by atoms with Gasteiger partial charge in [0, 0.05) is 0 Å². The molecule has 1 N–H and O–H groups in total. The third-order valence-electron chi connectivity index (χ3n) is 6.30. The first kappa shape index (κ1) is 17.6. The minimum absolute atomic E-state index is 0.263. The number of rotatable bonds is 2. The van der Waals surface area contributed by atoms with Crippen LogP contribution in [0, 0.1) is 29.3 Å². The molecule has 0 spiro atoms. The van der Waals surface area contributed by atoms with Gasteiger partial charge in [-0.3, -0.25) is 0 Å². The number of fused-ring (bicyclic) bond motifs is 3. The number of hydrogen-bond acceptors (Lipinski definition) is 1. The van der Waals surface area contributed by atoms with E-state index in [1.807, 2.05) is 25.1 Å². The average molecular weight is 360 g/mol. The van der Waals surface area contributed by atoms with Crippen LogP contribution in [0.5, 0.6) is 0 Å². The van der Waals surface area contributed by atoms with Gasteiger partial charge in [-0.2, -0.15) is 0 Å². The lowest BCUT2D eigenvalue weighted by Crippen LogP contribution is -2.36. The molecule has 0 radical (unpaired) electrons. The molecule has 1 fully saturated rings. The van der Waals surface area contributed by atoms with Crippen molar-refractivity contribution in [2.45, 2.75) is 51.0 Å². The molecule has 4 unspecified atom stereocenters. The highest BCUT2D eigenvalue weighted by molar-refractivity contribution is 5.65. The van der Waals surface area contributed by atoms with Crippen LogP contribution in [0.15, 0.2) is 30.3 Å². The Morgan fingerprint density at radius 1 is 0.962 bits per heavy atom. The number of aryl methyl sites for hydroxylation is 1. The fourth-order valence-corrected chi connectivity index (χ4v) is 5.06. The standard InChI is InChI=1S/C22H23F3O/c1-12(26)17-4-2-3-13-5-6-15-9-14(7-8-18(15)21(13)17)16-10-19(23)22(25)20(24)11-16/h7-13,17,21,26H,2-6H2,1H3. The summed E-state index contributed by atoms with van der Waals surface area (Å²) in [5.74, 6) is -2.56. The van der Waals surface area contributed by atoms with Gasteiger partial charge in [-0.15, -0.1) is 0 Å². The van der Waals surface area contributed by atoms with Crippen molar-refractivity contribution in [1.82, 2.24) is 0 Å². The van der Waals surface area contributed by atoms with Gasteiger partial charge in [-0.25, -0.2) is 13.2 Å². The minimum atomic E-state index is -1.43. The smallest absolute Gasteiger partial charge is 0.194 e. The molecular weight excluding hydrogens is 337 g/mol. The van der Waals surface area contributed by atoms with Gasteiger partial charge in [0.1, 0.15) is 0 Å². The average Bonchev–Trinajstić information content (AvgIpc) is 2.64. The zero-order chi connectivity index (χ0) is 18.4. The fourth-order valence-electron chi connectivity index (χ4n) is 5.06. The molecule has 0 saturated heterocycles. The summed E-state index contributed by atoms with van der Waals surface area (Å²) >= 11 is 0. The molecule has 2 aromatic carbocycles. The van der Waals surface area contributed by atoms with Gasteiger partial charge in [0.05, 0.1) is 6.10 Å². The minimum Gasteiger partial charge on any atom is -0.393 e.